The largest absolute Gasteiger partial charge is 0.496 e. The molecule has 1 fully saturated rings. The van der Waals surface area contributed by atoms with Gasteiger partial charge in [-0.3, -0.25) is 4.79 Å². The van der Waals surface area contributed by atoms with Gasteiger partial charge in [0, 0.05) is 11.0 Å². The van der Waals surface area contributed by atoms with Crippen LogP contribution in [0, 0.1) is 5.41 Å². The van der Waals surface area contributed by atoms with Crippen LogP contribution in [-0.2, 0) is 15.6 Å². The van der Waals surface area contributed by atoms with E-state index in [4.69, 9.17) is 4.74 Å². The highest BCUT2D eigenvalue weighted by atomic mass is 16.5. The molecule has 0 heterocycles. The van der Waals surface area contributed by atoms with E-state index >= 15 is 0 Å². The van der Waals surface area contributed by atoms with Gasteiger partial charge in [-0.15, -0.1) is 0 Å². The molecule has 1 aromatic rings. The van der Waals surface area contributed by atoms with E-state index in [-0.39, 0.29) is 22.7 Å². The zero-order chi connectivity index (χ0) is 17.5. The molecule has 1 N–H and O–H groups in total. The highest BCUT2D eigenvalue weighted by Crippen LogP contribution is 2.54. The van der Waals surface area contributed by atoms with Gasteiger partial charge in [-0.25, -0.2) is 0 Å². The van der Waals surface area contributed by atoms with Gasteiger partial charge in [-0.2, -0.15) is 0 Å². The fourth-order valence-electron chi connectivity index (χ4n) is 3.95. The topological polar surface area (TPSA) is 46.5 Å². The van der Waals surface area contributed by atoms with Crippen LogP contribution in [0.3, 0.4) is 0 Å². The number of carboxylic acids is 1. The zero-order valence-corrected chi connectivity index (χ0v) is 15.3. The highest BCUT2D eigenvalue weighted by Gasteiger charge is 2.48. The Kier molecular flexibility index (Phi) is 4.53. The molecule has 0 aliphatic heterocycles. The van der Waals surface area contributed by atoms with Crippen LogP contribution in [0.2, 0.25) is 0 Å². The molecule has 0 saturated heterocycles. The molecule has 0 unspecified atom stereocenters. The maximum Gasteiger partial charge on any atom is 0.304 e. The molecule has 1 aliphatic carbocycles. The summed E-state index contributed by atoms with van der Waals surface area (Å²) in [4.78, 5) is 11.3. The number of carboxylic acid groups (broad SMARTS) is 1. The first-order valence-corrected chi connectivity index (χ1v) is 8.40. The third-order valence-corrected chi connectivity index (χ3v) is 4.87. The van der Waals surface area contributed by atoms with Crippen molar-refractivity contribution in [3.63, 3.8) is 0 Å². The summed E-state index contributed by atoms with van der Waals surface area (Å²) in [5, 5.41) is 9.26. The normalized spacial score (nSPS) is 17.0. The molecule has 128 valence electrons. The van der Waals surface area contributed by atoms with Crippen molar-refractivity contribution in [2.45, 2.75) is 71.1 Å². The number of hydrogen-bond donors (Lipinski definition) is 1. The Labute approximate surface area is 140 Å². The minimum absolute atomic E-state index is 0.0403. The Balaban J connectivity index is 2.42. The first-order chi connectivity index (χ1) is 10.5. The van der Waals surface area contributed by atoms with Crippen molar-refractivity contribution in [3.8, 4) is 5.75 Å². The second-order valence-corrected chi connectivity index (χ2v) is 8.89. The van der Waals surface area contributed by atoms with Crippen LogP contribution in [0.15, 0.2) is 18.2 Å². The second-order valence-electron chi connectivity index (χ2n) is 8.89. The molecule has 0 amide bonds. The van der Waals surface area contributed by atoms with Crippen LogP contribution in [0.25, 0.3) is 0 Å². The van der Waals surface area contributed by atoms with Gasteiger partial charge in [-0.05, 0) is 41.7 Å². The molecule has 0 aromatic heterocycles. The summed E-state index contributed by atoms with van der Waals surface area (Å²) in [5.74, 6) is 0.0861. The summed E-state index contributed by atoms with van der Waals surface area (Å²) in [5.41, 5.74) is 2.38. The Hall–Kier alpha value is -1.51. The van der Waals surface area contributed by atoms with E-state index in [9.17, 15) is 9.90 Å². The van der Waals surface area contributed by atoms with Crippen LogP contribution >= 0.6 is 0 Å². The van der Waals surface area contributed by atoms with E-state index in [1.807, 2.05) is 6.07 Å². The van der Waals surface area contributed by atoms with E-state index in [1.165, 1.54) is 5.56 Å². The Morgan fingerprint density at radius 3 is 2.26 bits per heavy atom. The molecular weight excluding hydrogens is 288 g/mol. The summed E-state index contributed by atoms with van der Waals surface area (Å²) in [7, 11) is 1.66. The van der Waals surface area contributed by atoms with Crippen molar-refractivity contribution in [3.05, 3.63) is 29.3 Å². The van der Waals surface area contributed by atoms with Crippen LogP contribution < -0.4 is 4.74 Å². The number of benzene rings is 1. The van der Waals surface area contributed by atoms with Gasteiger partial charge in [0.2, 0.25) is 0 Å². The van der Waals surface area contributed by atoms with Gasteiger partial charge in [0.25, 0.3) is 0 Å². The molecule has 1 aliphatic rings. The summed E-state index contributed by atoms with van der Waals surface area (Å²) in [6.07, 6.45) is 3.11. The van der Waals surface area contributed by atoms with Crippen LogP contribution in [-0.4, -0.2) is 18.2 Å². The van der Waals surface area contributed by atoms with Gasteiger partial charge in [0.1, 0.15) is 5.75 Å². The molecule has 1 saturated carbocycles. The first-order valence-electron chi connectivity index (χ1n) is 8.40. The predicted octanol–water partition coefficient (Wildman–Crippen LogP) is 4.92. The molecule has 0 radical (unpaired) electrons. The molecular formula is C20H30O3. The van der Waals surface area contributed by atoms with Gasteiger partial charge in [0.15, 0.2) is 0 Å². The van der Waals surface area contributed by atoms with E-state index in [1.54, 1.807) is 7.11 Å². The van der Waals surface area contributed by atoms with E-state index < -0.39 is 5.97 Å². The number of carbonyl (C=O) groups is 1. The molecule has 2 rings (SSSR count). The Morgan fingerprint density at radius 2 is 1.83 bits per heavy atom. The van der Waals surface area contributed by atoms with E-state index in [0.717, 1.165) is 30.6 Å². The smallest absolute Gasteiger partial charge is 0.304 e. The number of ether oxygens (including phenoxy) is 1. The molecule has 23 heavy (non-hydrogen) atoms. The monoisotopic (exact) mass is 318 g/mol. The third-order valence-electron chi connectivity index (χ3n) is 4.87. The molecule has 0 bridgehead atoms. The number of methoxy groups -OCH3 is 1. The fourth-order valence-corrected chi connectivity index (χ4v) is 3.95. The van der Waals surface area contributed by atoms with Crippen molar-refractivity contribution < 1.29 is 14.6 Å². The standard InChI is InChI=1S/C20H30O3/c1-18(2,3)13-19(4,5)14-7-8-16(23-6)15(11-14)20(9-10-20)12-17(21)22/h7-8,11H,9-10,12-13H2,1-6H3,(H,21,22). The first kappa shape index (κ1) is 17.8. The van der Waals surface area contributed by atoms with Crippen molar-refractivity contribution in [2.75, 3.05) is 7.11 Å². The van der Waals surface area contributed by atoms with Crippen LogP contribution in [0.4, 0.5) is 0 Å². The number of aliphatic carboxylic acids is 1. The van der Waals surface area contributed by atoms with Gasteiger partial charge in [0.05, 0.1) is 13.5 Å². The zero-order valence-electron chi connectivity index (χ0n) is 15.3. The summed E-state index contributed by atoms with van der Waals surface area (Å²) < 4.78 is 5.53. The molecule has 3 nitrogen and oxygen atoms in total. The lowest BCUT2D eigenvalue weighted by Gasteiger charge is -2.34. The average Bonchev–Trinajstić information content (AvgIpc) is 3.15. The van der Waals surface area contributed by atoms with Crippen molar-refractivity contribution in [2.24, 2.45) is 5.41 Å². The lowest BCUT2D eigenvalue weighted by Crippen LogP contribution is -2.25. The molecule has 0 atom stereocenters. The van der Waals surface area contributed by atoms with Crippen molar-refractivity contribution in [1.29, 1.82) is 0 Å². The quantitative estimate of drug-likeness (QED) is 0.810. The third kappa shape index (κ3) is 4.07. The lowest BCUT2D eigenvalue weighted by molar-refractivity contribution is -0.137. The number of hydrogen-bond acceptors (Lipinski definition) is 2. The molecule has 0 spiro atoms. The predicted molar refractivity (Wildman–Crippen MR) is 93.3 cm³/mol. The number of rotatable bonds is 6. The van der Waals surface area contributed by atoms with Gasteiger partial charge < -0.3 is 9.84 Å². The maximum atomic E-state index is 11.3. The Morgan fingerprint density at radius 1 is 1.22 bits per heavy atom. The minimum Gasteiger partial charge on any atom is -0.496 e. The van der Waals surface area contributed by atoms with Gasteiger partial charge in [-0.1, -0.05) is 46.8 Å². The maximum absolute atomic E-state index is 11.3. The Bertz CT molecular complexity index is 589. The average molecular weight is 318 g/mol. The molecule has 1 aromatic carbocycles. The van der Waals surface area contributed by atoms with Crippen LogP contribution in [0.5, 0.6) is 5.75 Å². The molecule has 3 heteroatoms. The van der Waals surface area contributed by atoms with Crippen molar-refractivity contribution >= 4 is 5.97 Å². The van der Waals surface area contributed by atoms with E-state index in [0.29, 0.717) is 0 Å². The lowest BCUT2D eigenvalue weighted by atomic mass is 9.71. The van der Waals surface area contributed by atoms with Crippen LogP contribution in [0.1, 0.15) is 71.4 Å². The summed E-state index contributed by atoms with van der Waals surface area (Å²) in [6, 6.07) is 6.34. The highest BCUT2D eigenvalue weighted by molar-refractivity contribution is 5.70. The van der Waals surface area contributed by atoms with Crippen molar-refractivity contribution in [1.82, 2.24) is 0 Å². The SMILES string of the molecule is COc1ccc(C(C)(C)CC(C)(C)C)cc1C1(CC(=O)O)CC1. The minimum atomic E-state index is -0.732. The van der Waals surface area contributed by atoms with Gasteiger partial charge >= 0.3 is 5.97 Å². The summed E-state index contributed by atoms with van der Waals surface area (Å²) in [6.45, 7) is 11.3. The van der Waals surface area contributed by atoms with E-state index in [2.05, 4.69) is 46.8 Å². The summed E-state index contributed by atoms with van der Waals surface area (Å²) >= 11 is 0. The fraction of sp³-hybridized carbons (Fsp3) is 0.650. The second kappa shape index (κ2) is 5.85.